The van der Waals surface area contributed by atoms with E-state index >= 15 is 0 Å². The van der Waals surface area contributed by atoms with Gasteiger partial charge in [0.2, 0.25) is 10.0 Å². The molecule has 112 valence electrons. The van der Waals surface area contributed by atoms with Crippen molar-refractivity contribution in [3.63, 3.8) is 0 Å². The van der Waals surface area contributed by atoms with Gasteiger partial charge in [0.05, 0.1) is 18.0 Å². The molecule has 0 unspecified atom stereocenters. The fourth-order valence-electron chi connectivity index (χ4n) is 2.45. The van der Waals surface area contributed by atoms with Crippen molar-refractivity contribution in [2.45, 2.75) is 30.8 Å². The van der Waals surface area contributed by atoms with Crippen LogP contribution in [-0.4, -0.2) is 44.5 Å². The van der Waals surface area contributed by atoms with Crippen LogP contribution in [0.3, 0.4) is 0 Å². The lowest BCUT2D eigenvalue weighted by Crippen LogP contribution is -3.12. The van der Waals surface area contributed by atoms with Gasteiger partial charge >= 0.3 is 0 Å². The Hall–Kier alpha value is -1.18. The minimum Gasteiger partial charge on any atom is -0.317 e. The third-order valence-electron chi connectivity index (χ3n) is 3.69. The van der Waals surface area contributed by atoms with Gasteiger partial charge < -0.3 is 4.90 Å². The van der Waals surface area contributed by atoms with Gasteiger partial charge in [-0.3, -0.25) is 9.36 Å². The number of sulfonamides is 1. The third kappa shape index (κ3) is 3.28. The lowest BCUT2D eigenvalue weighted by Gasteiger charge is -2.24. The zero-order chi connectivity index (χ0) is 14.8. The summed E-state index contributed by atoms with van der Waals surface area (Å²) in [5.74, 6) is 0. The van der Waals surface area contributed by atoms with Crippen LogP contribution in [0, 0.1) is 0 Å². The van der Waals surface area contributed by atoms with Crippen LogP contribution >= 0.6 is 0 Å². The molecule has 0 amide bonds. The van der Waals surface area contributed by atoms with E-state index in [4.69, 9.17) is 0 Å². The largest absolute Gasteiger partial charge is 0.317 e. The summed E-state index contributed by atoms with van der Waals surface area (Å²) in [6.45, 7) is 2.61. The molecule has 0 spiro atoms. The molecule has 1 aromatic rings. The molecule has 0 aliphatic carbocycles. The smallest absolute Gasteiger partial charge is 0.254 e. The molecule has 1 aliphatic rings. The molecule has 2 heterocycles. The number of rotatable bonds is 4. The maximum absolute atomic E-state index is 12.1. The van der Waals surface area contributed by atoms with Gasteiger partial charge in [0.1, 0.15) is 0 Å². The number of nitrogens with zero attached hydrogens (tertiary/aromatic N) is 2. The minimum absolute atomic E-state index is 0.152. The van der Waals surface area contributed by atoms with Gasteiger partial charge in [-0.2, -0.15) is 0 Å². The first-order chi connectivity index (χ1) is 9.41. The van der Waals surface area contributed by atoms with E-state index in [9.17, 15) is 13.2 Å². The molecular formula is C13H22N3O3S+. The van der Waals surface area contributed by atoms with E-state index in [0.29, 0.717) is 6.67 Å². The van der Waals surface area contributed by atoms with Crippen molar-refractivity contribution in [2.75, 3.05) is 27.2 Å². The topological polar surface area (TPSA) is 63.8 Å². The van der Waals surface area contributed by atoms with Gasteiger partial charge in [-0.15, -0.1) is 0 Å². The summed E-state index contributed by atoms with van der Waals surface area (Å²) in [4.78, 5) is 13.4. The Morgan fingerprint density at radius 1 is 1.20 bits per heavy atom. The molecule has 0 radical (unpaired) electrons. The summed E-state index contributed by atoms with van der Waals surface area (Å²) < 4.78 is 26.9. The summed E-state index contributed by atoms with van der Waals surface area (Å²) in [7, 11) is -0.519. The summed E-state index contributed by atoms with van der Waals surface area (Å²) in [6, 6.07) is 2.71. The number of quaternary nitrogens is 1. The first-order valence-electron chi connectivity index (χ1n) is 6.88. The fraction of sp³-hybridized carbons (Fsp3) is 0.615. The highest BCUT2D eigenvalue weighted by Gasteiger charge is 2.20. The van der Waals surface area contributed by atoms with Crippen LogP contribution in [-0.2, 0) is 16.7 Å². The second kappa shape index (κ2) is 6.07. The van der Waals surface area contributed by atoms with Crippen LogP contribution in [0.2, 0.25) is 0 Å². The summed E-state index contributed by atoms with van der Waals surface area (Å²) in [5, 5.41) is 0. The number of likely N-dealkylation sites (tertiary alicyclic amines) is 1. The van der Waals surface area contributed by atoms with Crippen LogP contribution in [0.5, 0.6) is 0 Å². The van der Waals surface area contributed by atoms with E-state index in [1.165, 1.54) is 61.2 Å². The quantitative estimate of drug-likeness (QED) is 0.786. The molecular weight excluding hydrogens is 278 g/mol. The molecule has 1 saturated heterocycles. The highest BCUT2D eigenvalue weighted by atomic mass is 32.2. The van der Waals surface area contributed by atoms with E-state index in [1.807, 2.05) is 0 Å². The van der Waals surface area contributed by atoms with Crippen molar-refractivity contribution < 1.29 is 13.3 Å². The van der Waals surface area contributed by atoms with Gasteiger partial charge in [-0.05, 0) is 25.3 Å². The Bertz CT molecular complexity index is 616. The predicted octanol–water partition coefficient (Wildman–Crippen LogP) is -0.875. The molecule has 1 fully saturated rings. The van der Waals surface area contributed by atoms with Crippen LogP contribution in [0.1, 0.15) is 19.3 Å². The van der Waals surface area contributed by atoms with Crippen LogP contribution in [0.25, 0.3) is 0 Å². The third-order valence-corrected chi connectivity index (χ3v) is 5.49. The zero-order valence-corrected chi connectivity index (χ0v) is 12.8. The first-order valence-corrected chi connectivity index (χ1v) is 8.32. The summed E-state index contributed by atoms with van der Waals surface area (Å²) in [6.07, 6.45) is 5.03. The molecule has 1 aromatic heterocycles. The molecule has 2 rings (SSSR count). The second-order valence-corrected chi connectivity index (χ2v) is 7.58. The van der Waals surface area contributed by atoms with Crippen molar-refractivity contribution >= 4 is 10.0 Å². The molecule has 0 saturated carbocycles. The highest BCUT2D eigenvalue weighted by molar-refractivity contribution is 7.89. The fourth-order valence-corrected chi connectivity index (χ4v) is 3.37. The Morgan fingerprint density at radius 2 is 1.85 bits per heavy atom. The number of piperidine rings is 1. The molecule has 0 atom stereocenters. The minimum atomic E-state index is -3.49. The van der Waals surface area contributed by atoms with Crippen molar-refractivity contribution in [3.8, 4) is 0 Å². The average Bonchev–Trinajstić information content (AvgIpc) is 2.42. The van der Waals surface area contributed by atoms with Crippen molar-refractivity contribution in [3.05, 3.63) is 28.7 Å². The van der Waals surface area contributed by atoms with E-state index < -0.39 is 10.0 Å². The standard InChI is InChI=1S/C13H21N3O3S/c1-14(2)20(18,19)12-6-7-13(17)16(10-12)11-15-8-4-3-5-9-15/h6-7,10H,3-5,8-9,11H2,1-2H3/p+1. The van der Waals surface area contributed by atoms with Gasteiger partial charge in [0.15, 0.2) is 6.67 Å². The van der Waals surface area contributed by atoms with E-state index in [0.717, 1.165) is 17.4 Å². The molecule has 7 heteroatoms. The van der Waals surface area contributed by atoms with Crippen molar-refractivity contribution in [1.82, 2.24) is 8.87 Å². The Labute approximate surface area is 119 Å². The van der Waals surface area contributed by atoms with Gasteiger partial charge in [-0.25, -0.2) is 12.7 Å². The summed E-state index contributed by atoms with van der Waals surface area (Å²) >= 11 is 0. The molecule has 6 nitrogen and oxygen atoms in total. The Morgan fingerprint density at radius 3 is 2.45 bits per heavy atom. The summed E-state index contributed by atoms with van der Waals surface area (Å²) in [5.41, 5.74) is -0.152. The van der Waals surface area contributed by atoms with Crippen LogP contribution in [0.4, 0.5) is 0 Å². The average molecular weight is 300 g/mol. The Kier molecular flexibility index (Phi) is 4.62. The first kappa shape index (κ1) is 15.2. The van der Waals surface area contributed by atoms with E-state index in [1.54, 1.807) is 0 Å². The SMILES string of the molecule is CN(C)S(=O)(=O)c1ccc(=O)n(C[NH+]2CCCCC2)c1. The molecule has 20 heavy (non-hydrogen) atoms. The molecule has 1 N–H and O–H groups in total. The maximum Gasteiger partial charge on any atom is 0.254 e. The molecule has 1 aliphatic heterocycles. The van der Waals surface area contributed by atoms with E-state index in [2.05, 4.69) is 0 Å². The van der Waals surface area contributed by atoms with E-state index in [-0.39, 0.29) is 10.5 Å². The Balaban J connectivity index is 2.27. The van der Waals surface area contributed by atoms with Gasteiger partial charge in [0, 0.05) is 26.4 Å². The zero-order valence-electron chi connectivity index (χ0n) is 12.0. The maximum atomic E-state index is 12.1. The van der Waals surface area contributed by atoms with Crippen molar-refractivity contribution in [2.24, 2.45) is 0 Å². The number of nitrogens with one attached hydrogen (secondary N) is 1. The van der Waals surface area contributed by atoms with Crippen LogP contribution < -0.4 is 10.5 Å². The van der Waals surface area contributed by atoms with Crippen molar-refractivity contribution in [1.29, 1.82) is 0 Å². The number of hydrogen-bond donors (Lipinski definition) is 1. The number of hydrogen-bond acceptors (Lipinski definition) is 3. The normalized spacial score (nSPS) is 17.6. The predicted molar refractivity (Wildman–Crippen MR) is 76.1 cm³/mol. The van der Waals surface area contributed by atoms with Gasteiger partial charge in [-0.1, -0.05) is 0 Å². The monoisotopic (exact) mass is 300 g/mol. The van der Waals surface area contributed by atoms with Crippen LogP contribution in [0.15, 0.2) is 28.0 Å². The lowest BCUT2D eigenvalue weighted by molar-refractivity contribution is -0.927. The number of pyridine rings is 1. The number of aromatic nitrogens is 1. The second-order valence-electron chi connectivity index (χ2n) is 5.43. The molecule has 0 bridgehead atoms. The molecule has 0 aromatic carbocycles. The highest BCUT2D eigenvalue weighted by Crippen LogP contribution is 2.10. The lowest BCUT2D eigenvalue weighted by atomic mass is 10.1. The van der Waals surface area contributed by atoms with Gasteiger partial charge in [0.25, 0.3) is 5.56 Å².